The largest absolute Gasteiger partial charge is 0.377 e. The van der Waals surface area contributed by atoms with Gasteiger partial charge in [-0.05, 0) is 50.6 Å². The van der Waals surface area contributed by atoms with Crippen molar-refractivity contribution >= 4 is 0 Å². The molecule has 2 rings (SSSR count). The van der Waals surface area contributed by atoms with E-state index >= 15 is 0 Å². The van der Waals surface area contributed by atoms with Crippen LogP contribution < -0.4 is 5.73 Å². The Kier molecular flexibility index (Phi) is 4.83. The normalized spacial score (nSPS) is 30.0. The monoisotopic (exact) mass is 240 g/mol. The first kappa shape index (κ1) is 13.3. The average molecular weight is 240 g/mol. The lowest BCUT2D eigenvalue weighted by Crippen LogP contribution is -2.51. The van der Waals surface area contributed by atoms with Crippen LogP contribution in [-0.4, -0.2) is 43.3 Å². The second kappa shape index (κ2) is 6.17. The van der Waals surface area contributed by atoms with Gasteiger partial charge in [0.25, 0.3) is 0 Å². The zero-order valence-electron chi connectivity index (χ0n) is 11.4. The molecule has 0 amide bonds. The average Bonchev–Trinajstić information content (AvgIpc) is 2.84. The van der Waals surface area contributed by atoms with Gasteiger partial charge in [0.1, 0.15) is 0 Å². The fourth-order valence-corrected chi connectivity index (χ4v) is 3.36. The maximum Gasteiger partial charge on any atom is 0.0743 e. The van der Waals surface area contributed by atoms with Gasteiger partial charge in [0, 0.05) is 19.2 Å². The Morgan fingerprint density at radius 2 is 1.94 bits per heavy atom. The molecule has 3 nitrogen and oxygen atoms in total. The van der Waals surface area contributed by atoms with E-state index in [1.54, 1.807) is 0 Å². The molecule has 3 heteroatoms. The van der Waals surface area contributed by atoms with E-state index in [2.05, 4.69) is 18.7 Å². The van der Waals surface area contributed by atoms with Crippen LogP contribution in [0.4, 0.5) is 0 Å². The Labute approximate surface area is 106 Å². The Balaban J connectivity index is 1.85. The molecular formula is C14H28N2O. The van der Waals surface area contributed by atoms with Crippen LogP contribution in [-0.2, 0) is 4.74 Å². The molecule has 0 aliphatic carbocycles. The molecule has 2 atom stereocenters. The Morgan fingerprint density at radius 3 is 2.41 bits per heavy atom. The number of hydrogen-bond acceptors (Lipinski definition) is 3. The first-order valence-electron chi connectivity index (χ1n) is 7.28. The molecular weight excluding hydrogens is 212 g/mol. The maximum atomic E-state index is 5.96. The molecule has 0 aromatic carbocycles. The number of hydrogen-bond donors (Lipinski definition) is 1. The standard InChI is InChI=1S/C14H28N2O/c1-11(2)12-5-7-16(8-6-12)13(10-15)14-4-3-9-17-14/h11-14H,3-10,15H2,1-2H3. The van der Waals surface area contributed by atoms with Gasteiger partial charge in [-0.3, -0.25) is 4.90 Å². The van der Waals surface area contributed by atoms with Gasteiger partial charge in [-0.15, -0.1) is 0 Å². The lowest BCUT2D eigenvalue weighted by molar-refractivity contribution is 0.00976. The van der Waals surface area contributed by atoms with Gasteiger partial charge in [0.2, 0.25) is 0 Å². The number of nitrogens with two attached hydrogens (primary N) is 1. The molecule has 2 aliphatic rings. The highest BCUT2D eigenvalue weighted by molar-refractivity contribution is 4.87. The maximum absolute atomic E-state index is 5.96. The van der Waals surface area contributed by atoms with Crippen LogP contribution in [0.25, 0.3) is 0 Å². The molecule has 2 aliphatic heterocycles. The summed E-state index contributed by atoms with van der Waals surface area (Å²) in [5, 5.41) is 0. The number of piperidine rings is 1. The number of nitrogens with zero attached hydrogens (tertiary/aromatic N) is 1. The lowest BCUT2D eigenvalue weighted by atomic mass is 9.86. The topological polar surface area (TPSA) is 38.5 Å². The minimum atomic E-state index is 0.399. The molecule has 0 bridgehead atoms. The minimum Gasteiger partial charge on any atom is -0.377 e. The van der Waals surface area contributed by atoms with Crippen LogP contribution >= 0.6 is 0 Å². The molecule has 2 fully saturated rings. The van der Waals surface area contributed by atoms with E-state index in [1.165, 1.54) is 38.8 Å². The molecule has 0 saturated carbocycles. The Hall–Kier alpha value is -0.120. The molecule has 100 valence electrons. The predicted molar refractivity (Wildman–Crippen MR) is 71.0 cm³/mol. The van der Waals surface area contributed by atoms with Crippen molar-refractivity contribution in [3.8, 4) is 0 Å². The number of likely N-dealkylation sites (tertiary alicyclic amines) is 1. The van der Waals surface area contributed by atoms with Gasteiger partial charge in [-0.1, -0.05) is 13.8 Å². The third-order valence-electron chi connectivity index (χ3n) is 4.62. The molecule has 2 unspecified atom stereocenters. The molecule has 0 aromatic rings. The molecule has 0 spiro atoms. The van der Waals surface area contributed by atoms with Crippen molar-refractivity contribution in [1.82, 2.24) is 4.90 Å². The van der Waals surface area contributed by atoms with Crippen LogP contribution in [0, 0.1) is 11.8 Å². The quantitative estimate of drug-likeness (QED) is 0.815. The van der Waals surface area contributed by atoms with Crippen molar-refractivity contribution in [2.75, 3.05) is 26.2 Å². The van der Waals surface area contributed by atoms with Crippen molar-refractivity contribution in [1.29, 1.82) is 0 Å². The van der Waals surface area contributed by atoms with E-state index in [4.69, 9.17) is 10.5 Å². The van der Waals surface area contributed by atoms with Gasteiger partial charge in [-0.25, -0.2) is 0 Å². The van der Waals surface area contributed by atoms with Gasteiger partial charge in [-0.2, -0.15) is 0 Å². The van der Waals surface area contributed by atoms with E-state index < -0.39 is 0 Å². The van der Waals surface area contributed by atoms with E-state index in [-0.39, 0.29) is 0 Å². The van der Waals surface area contributed by atoms with Crippen molar-refractivity contribution in [3.63, 3.8) is 0 Å². The van der Waals surface area contributed by atoms with E-state index in [0.717, 1.165) is 25.0 Å². The highest BCUT2D eigenvalue weighted by Gasteiger charge is 2.32. The second-order valence-electron chi connectivity index (χ2n) is 5.97. The van der Waals surface area contributed by atoms with Crippen LogP contribution in [0.1, 0.15) is 39.5 Å². The number of rotatable bonds is 4. The molecule has 2 N–H and O–H groups in total. The summed E-state index contributed by atoms with van der Waals surface area (Å²) in [7, 11) is 0. The first-order chi connectivity index (χ1) is 8.22. The van der Waals surface area contributed by atoms with Crippen LogP contribution in [0.5, 0.6) is 0 Å². The molecule has 0 radical (unpaired) electrons. The predicted octanol–water partition coefficient (Wildman–Crippen LogP) is 1.86. The van der Waals surface area contributed by atoms with Crippen LogP contribution in [0.15, 0.2) is 0 Å². The SMILES string of the molecule is CC(C)C1CCN(C(CN)C2CCCO2)CC1. The summed E-state index contributed by atoms with van der Waals surface area (Å²) >= 11 is 0. The summed E-state index contributed by atoms with van der Waals surface area (Å²) in [6, 6.07) is 0.464. The minimum absolute atomic E-state index is 0.399. The third-order valence-corrected chi connectivity index (χ3v) is 4.62. The lowest BCUT2D eigenvalue weighted by Gasteiger charge is -2.40. The molecule has 0 aromatic heterocycles. The van der Waals surface area contributed by atoms with Crippen LogP contribution in [0.2, 0.25) is 0 Å². The first-order valence-corrected chi connectivity index (χ1v) is 7.28. The van der Waals surface area contributed by atoms with E-state index in [0.29, 0.717) is 12.1 Å². The summed E-state index contributed by atoms with van der Waals surface area (Å²) < 4.78 is 5.81. The Bertz CT molecular complexity index is 218. The van der Waals surface area contributed by atoms with Crippen molar-refractivity contribution in [3.05, 3.63) is 0 Å². The molecule has 2 saturated heterocycles. The fraction of sp³-hybridized carbons (Fsp3) is 1.00. The van der Waals surface area contributed by atoms with Crippen molar-refractivity contribution < 1.29 is 4.74 Å². The molecule has 17 heavy (non-hydrogen) atoms. The zero-order valence-corrected chi connectivity index (χ0v) is 11.4. The zero-order chi connectivity index (χ0) is 12.3. The highest BCUT2D eigenvalue weighted by atomic mass is 16.5. The van der Waals surface area contributed by atoms with Gasteiger partial charge in [0.05, 0.1) is 6.10 Å². The summed E-state index contributed by atoms with van der Waals surface area (Å²) in [5.74, 6) is 1.74. The van der Waals surface area contributed by atoms with Gasteiger partial charge in [0.15, 0.2) is 0 Å². The second-order valence-corrected chi connectivity index (χ2v) is 5.97. The van der Waals surface area contributed by atoms with Crippen molar-refractivity contribution in [2.45, 2.75) is 51.7 Å². The van der Waals surface area contributed by atoms with Crippen LogP contribution in [0.3, 0.4) is 0 Å². The van der Waals surface area contributed by atoms with Crippen molar-refractivity contribution in [2.24, 2.45) is 17.6 Å². The highest BCUT2D eigenvalue weighted by Crippen LogP contribution is 2.28. The van der Waals surface area contributed by atoms with Gasteiger partial charge < -0.3 is 10.5 Å². The van der Waals surface area contributed by atoms with E-state index in [9.17, 15) is 0 Å². The van der Waals surface area contributed by atoms with E-state index in [1.807, 2.05) is 0 Å². The van der Waals surface area contributed by atoms with Gasteiger partial charge >= 0.3 is 0 Å². The third kappa shape index (κ3) is 3.21. The summed E-state index contributed by atoms with van der Waals surface area (Å²) in [6.07, 6.45) is 5.48. The smallest absolute Gasteiger partial charge is 0.0743 e. The summed E-state index contributed by atoms with van der Waals surface area (Å²) in [5.41, 5.74) is 5.96. The summed E-state index contributed by atoms with van der Waals surface area (Å²) in [6.45, 7) is 8.80. The summed E-state index contributed by atoms with van der Waals surface area (Å²) in [4.78, 5) is 2.58. The fourth-order valence-electron chi connectivity index (χ4n) is 3.36. The molecule has 2 heterocycles. The Morgan fingerprint density at radius 1 is 1.24 bits per heavy atom. The number of ether oxygens (including phenoxy) is 1.